The highest BCUT2D eigenvalue weighted by Crippen LogP contribution is 2.24. The fraction of sp³-hybridized carbons (Fsp3) is 0.143. The van der Waals surface area contributed by atoms with Gasteiger partial charge < -0.3 is 5.73 Å². The highest BCUT2D eigenvalue weighted by atomic mass is 79.9. The smallest absolute Gasteiger partial charge is 0.262 e. The third kappa shape index (κ3) is 3.13. The standard InChI is InChI=1S/C14H15BrN2O2S/c1-9-3-4-11(16)8-14(9)20(18,19)17-12-5-6-13(15)10(2)7-12/h3-8,17H,16H2,1-2H3. The van der Waals surface area contributed by atoms with Crippen LogP contribution in [0.15, 0.2) is 45.8 Å². The van der Waals surface area contributed by atoms with Crippen LogP contribution in [0, 0.1) is 13.8 Å². The minimum Gasteiger partial charge on any atom is -0.399 e. The average Bonchev–Trinajstić information content (AvgIpc) is 2.36. The zero-order valence-corrected chi connectivity index (χ0v) is 13.5. The predicted molar refractivity (Wildman–Crippen MR) is 85.3 cm³/mol. The number of rotatable bonds is 3. The molecular weight excluding hydrogens is 340 g/mol. The highest BCUT2D eigenvalue weighted by Gasteiger charge is 2.17. The van der Waals surface area contributed by atoms with E-state index in [0.717, 1.165) is 10.0 Å². The van der Waals surface area contributed by atoms with Crippen molar-refractivity contribution in [2.45, 2.75) is 18.7 Å². The third-order valence-electron chi connectivity index (χ3n) is 2.91. The predicted octanol–water partition coefficient (Wildman–Crippen LogP) is 3.45. The zero-order chi connectivity index (χ0) is 14.9. The van der Waals surface area contributed by atoms with Gasteiger partial charge in [-0.05, 0) is 55.3 Å². The van der Waals surface area contributed by atoms with E-state index < -0.39 is 10.0 Å². The normalized spacial score (nSPS) is 11.3. The molecule has 106 valence electrons. The highest BCUT2D eigenvalue weighted by molar-refractivity contribution is 9.10. The summed E-state index contributed by atoms with van der Waals surface area (Å²) in [4.78, 5) is 0.193. The lowest BCUT2D eigenvalue weighted by atomic mass is 10.2. The molecule has 0 radical (unpaired) electrons. The summed E-state index contributed by atoms with van der Waals surface area (Å²) in [5, 5.41) is 0. The first kappa shape index (κ1) is 14.9. The fourth-order valence-electron chi connectivity index (χ4n) is 1.82. The molecular formula is C14H15BrN2O2S. The number of halogens is 1. The molecule has 0 aliphatic carbocycles. The molecule has 0 bridgehead atoms. The lowest BCUT2D eigenvalue weighted by Crippen LogP contribution is -2.14. The number of benzene rings is 2. The number of nitrogens with two attached hydrogens (primary N) is 1. The molecule has 0 saturated carbocycles. The minimum atomic E-state index is -3.64. The van der Waals surface area contributed by atoms with Crippen LogP contribution in [0.1, 0.15) is 11.1 Å². The van der Waals surface area contributed by atoms with Gasteiger partial charge >= 0.3 is 0 Å². The monoisotopic (exact) mass is 354 g/mol. The summed E-state index contributed by atoms with van der Waals surface area (Å²) in [6.07, 6.45) is 0. The van der Waals surface area contributed by atoms with Gasteiger partial charge in [0.2, 0.25) is 0 Å². The average molecular weight is 355 g/mol. The Bertz CT molecular complexity index is 758. The Morgan fingerprint density at radius 2 is 1.75 bits per heavy atom. The quantitative estimate of drug-likeness (QED) is 0.829. The summed E-state index contributed by atoms with van der Waals surface area (Å²) in [6.45, 7) is 3.63. The van der Waals surface area contributed by atoms with Crippen LogP contribution in [0.5, 0.6) is 0 Å². The molecule has 0 spiro atoms. The molecule has 0 atom stereocenters. The van der Waals surface area contributed by atoms with Gasteiger partial charge in [-0.3, -0.25) is 4.72 Å². The van der Waals surface area contributed by atoms with Gasteiger partial charge in [0, 0.05) is 15.8 Å². The summed E-state index contributed by atoms with van der Waals surface area (Å²) in [6, 6.07) is 10.1. The second-order valence-electron chi connectivity index (χ2n) is 4.59. The van der Waals surface area contributed by atoms with Crippen LogP contribution in [-0.2, 0) is 10.0 Å². The van der Waals surface area contributed by atoms with E-state index in [1.807, 2.05) is 6.92 Å². The van der Waals surface area contributed by atoms with Crippen LogP contribution >= 0.6 is 15.9 Å². The third-order valence-corrected chi connectivity index (χ3v) is 5.32. The molecule has 3 N–H and O–H groups in total. The van der Waals surface area contributed by atoms with E-state index in [9.17, 15) is 8.42 Å². The van der Waals surface area contributed by atoms with Gasteiger partial charge in [-0.15, -0.1) is 0 Å². The van der Waals surface area contributed by atoms with Crippen LogP contribution < -0.4 is 10.5 Å². The van der Waals surface area contributed by atoms with E-state index in [4.69, 9.17) is 5.73 Å². The van der Waals surface area contributed by atoms with E-state index in [2.05, 4.69) is 20.7 Å². The second-order valence-corrected chi connectivity index (χ2v) is 7.10. The molecule has 0 heterocycles. The first-order chi connectivity index (χ1) is 9.29. The number of anilines is 2. The lowest BCUT2D eigenvalue weighted by molar-refractivity contribution is 0.600. The number of sulfonamides is 1. The Morgan fingerprint density at radius 1 is 1.05 bits per heavy atom. The molecule has 0 unspecified atom stereocenters. The Balaban J connectivity index is 2.40. The molecule has 0 aromatic heterocycles. The van der Waals surface area contributed by atoms with Crippen molar-refractivity contribution < 1.29 is 8.42 Å². The van der Waals surface area contributed by atoms with Crippen molar-refractivity contribution in [3.05, 3.63) is 52.0 Å². The minimum absolute atomic E-state index is 0.193. The van der Waals surface area contributed by atoms with Crippen molar-refractivity contribution in [2.75, 3.05) is 10.5 Å². The first-order valence-electron chi connectivity index (χ1n) is 5.95. The molecule has 20 heavy (non-hydrogen) atoms. The fourth-order valence-corrected chi connectivity index (χ4v) is 3.40. The summed E-state index contributed by atoms with van der Waals surface area (Å²) in [7, 11) is -3.64. The maximum Gasteiger partial charge on any atom is 0.262 e. The van der Waals surface area contributed by atoms with E-state index in [1.54, 1.807) is 37.3 Å². The van der Waals surface area contributed by atoms with Gasteiger partial charge in [0.1, 0.15) is 0 Å². The molecule has 2 rings (SSSR count). The summed E-state index contributed by atoms with van der Waals surface area (Å²) in [5.74, 6) is 0. The van der Waals surface area contributed by atoms with Crippen LogP contribution in [-0.4, -0.2) is 8.42 Å². The number of aryl methyl sites for hydroxylation is 2. The molecule has 0 saturated heterocycles. The first-order valence-corrected chi connectivity index (χ1v) is 8.22. The molecule has 0 aliphatic rings. The number of nitrogen functional groups attached to an aromatic ring is 1. The largest absolute Gasteiger partial charge is 0.399 e. The van der Waals surface area contributed by atoms with Crippen LogP contribution in [0.4, 0.5) is 11.4 Å². The van der Waals surface area contributed by atoms with E-state index in [1.165, 1.54) is 6.07 Å². The second kappa shape index (κ2) is 5.46. The molecule has 6 heteroatoms. The Labute approximate surface area is 127 Å². The zero-order valence-electron chi connectivity index (χ0n) is 11.1. The molecule has 0 fully saturated rings. The Kier molecular flexibility index (Phi) is 4.06. The SMILES string of the molecule is Cc1cc(NS(=O)(=O)c2cc(N)ccc2C)ccc1Br. The van der Waals surface area contributed by atoms with Gasteiger partial charge in [0.15, 0.2) is 0 Å². The van der Waals surface area contributed by atoms with E-state index >= 15 is 0 Å². The van der Waals surface area contributed by atoms with Gasteiger partial charge in [-0.1, -0.05) is 22.0 Å². The van der Waals surface area contributed by atoms with Crippen molar-refractivity contribution in [1.82, 2.24) is 0 Å². The summed E-state index contributed by atoms with van der Waals surface area (Å²) < 4.78 is 28.3. The van der Waals surface area contributed by atoms with Gasteiger partial charge in [-0.25, -0.2) is 8.42 Å². The van der Waals surface area contributed by atoms with Gasteiger partial charge in [0.05, 0.1) is 4.90 Å². The van der Waals surface area contributed by atoms with Crippen molar-refractivity contribution >= 4 is 37.3 Å². The Morgan fingerprint density at radius 3 is 2.40 bits per heavy atom. The van der Waals surface area contributed by atoms with Crippen molar-refractivity contribution in [1.29, 1.82) is 0 Å². The molecule has 2 aromatic rings. The van der Waals surface area contributed by atoms with Crippen LogP contribution in [0.3, 0.4) is 0 Å². The lowest BCUT2D eigenvalue weighted by Gasteiger charge is -2.12. The topological polar surface area (TPSA) is 72.2 Å². The summed E-state index contributed by atoms with van der Waals surface area (Å²) >= 11 is 3.38. The van der Waals surface area contributed by atoms with Crippen molar-refractivity contribution in [2.24, 2.45) is 0 Å². The Hall–Kier alpha value is -1.53. The van der Waals surface area contributed by atoms with E-state index in [0.29, 0.717) is 16.9 Å². The van der Waals surface area contributed by atoms with Crippen LogP contribution in [0.2, 0.25) is 0 Å². The maximum absolute atomic E-state index is 12.4. The molecule has 0 aliphatic heterocycles. The van der Waals surface area contributed by atoms with Crippen LogP contribution in [0.25, 0.3) is 0 Å². The van der Waals surface area contributed by atoms with E-state index in [-0.39, 0.29) is 4.90 Å². The van der Waals surface area contributed by atoms with Crippen molar-refractivity contribution in [3.8, 4) is 0 Å². The summed E-state index contributed by atoms with van der Waals surface area (Å²) in [5.41, 5.74) is 8.21. The van der Waals surface area contributed by atoms with Gasteiger partial charge in [0.25, 0.3) is 10.0 Å². The molecule has 2 aromatic carbocycles. The number of nitrogens with one attached hydrogen (secondary N) is 1. The van der Waals surface area contributed by atoms with Crippen molar-refractivity contribution in [3.63, 3.8) is 0 Å². The van der Waals surface area contributed by atoms with Gasteiger partial charge in [-0.2, -0.15) is 0 Å². The molecule has 0 amide bonds. The number of hydrogen-bond donors (Lipinski definition) is 2. The number of hydrogen-bond acceptors (Lipinski definition) is 3. The maximum atomic E-state index is 12.4. The molecule has 4 nitrogen and oxygen atoms in total.